The minimum absolute atomic E-state index is 0.202. The molecule has 5 heteroatoms. The number of nitrogens with one attached hydrogen (secondary N) is 1. The van der Waals surface area contributed by atoms with Crippen molar-refractivity contribution in [2.24, 2.45) is 0 Å². The van der Waals surface area contributed by atoms with E-state index in [2.05, 4.69) is 25.8 Å². The average molecular weight is 295 g/mol. The second-order valence-corrected chi connectivity index (χ2v) is 10.2. The molecule has 0 fully saturated rings. The minimum atomic E-state index is -1.69. The fourth-order valence-electron chi connectivity index (χ4n) is 2.49. The van der Waals surface area contributed by atoms with Crippen LogP contribution in [0.5, 0.6) is 5.75 Å². The molecule has 112 valence electrons. The van der Waals surface area contributed by atoms with E-state index >= 15 is 0 Å². The fraction of sp³-hybridized carbons (Fsp3) is 0.533. The molecule has 20 heavy (non-hydrogen) atoms. The van der Waals surface area contributed by atoms with E-state index in [4.69, 9.17) is 0 Å². The Bertz CT molecular complexity index is 421. The third-order valence-electron chi connectivity index (χ3n) is 4.19. The zero-order valence-corrected chi connectivity index (χ0v) is 13.5. The molecule has 0 saturated heterocycles. The number of carboxylic acid groups (broad SMARTS) is 1. The zero-order chi connectivity index (χ0) is 15.2. The highest BCUT2D eigenvalue weighted by Crippen LogP contribution is 2.19. The molecule has 0 unspecified atom stereocenters. The predicted octanol–water partition coefficient (Wildman–Crippen LogP) is 2.98. The van der Waals surface area contributed by atoms with Gasteiger partial charge in [0.2, 0.25) is 0 Å². The van der Waals surface area contributed by atoms with Crippen molar-refractivity contribution >= 4 is 14.2 Å². The van der Waals surface area contributed by atoms with Crippen LogP contribution in [0.25, 0.3) is 0 Å². The van der Waals surface area contributed by atoms with Crippen LogP contribution in [-0.4, -0.2) is 30.5 Å². The van der Waals surface area contributed by atoms with E-state index in [-0.39, 0.29) is 5.75 Å². The number of carboxylic acids is 1. The lowest BCUT2D eigenvalue weighted by molar-refractivity contribution is -0.139. The van der Waals surface area contributed by atoms with Gasteiger partial charge in [0, 0.05) is 0 Å². The molecule has 0 radical (unpaired) electrons. The molecule has 0 heterocycles. The summed E-state index contributed by atoms with van der Waals surface area (Å²) in [6.45, 7) is 6.43. The van der Waals surface area contributed by atoms with Crippen LogP contribution < -0.4 is 4.98 Å². The number of rotatable bonds is 8. The van der Waals surface area contributed by atoms with Crippen LogP contribution in [0.15, 0.2) is 24.3 Å². The maximum Gasteiger partial charge on any atom is 0.320 e. The molecule has 3 N–H and O–H groups in total. The second kappa shape index (κ2) is 7.45. The van der Waals surface area contributed by atoms with Crippen molar-refractivity contribution in [2.45, 2.75) is 51.4 Å². The van der Waals surface area contributed by atoms with E-state index in [1.165, 1.54) is 0 Å². The first-order valence-corrected chi connectivity index (χ1v) is 9.87. The standard InChI is InChI=1S/C15H25NO3Si/c1-4-20(5-2,6-3)16-14(15(18)19)11-12-7-9-13(17)10-8-12/h7-10,14,16-17H,4-6,11H2,1-3H3,(H,18,19)/t14-/m0/s1. The summed E-state index contributed by atoms with van der Waals surface area (Å²) >= 11 is 0. The normalized spacial score (nSPS) is 13.2. The Morgan fingerprint density at radius 2 is 1.65 bits per heavy atom. The first-order valence-electron chi connectivity index (χ1n) is 7.24. The molecule has 0 saturated carbocycles. The largest absolute Gasteiger partial charge is 0.508 e. The number of hydrogen-bond donors (Lipinski definition) is 3. The number of carbonyl (C=O) groups is 1. The smallest absolute Gasteiger partial charge is 0.320 e. The van der Waals surface area contributed by atoms with Gasteiger partial charge in [0.15, 0.2) is 0 Å². The average Bonchev–Trinajstić information content (AvgIpc) is 2.46. The molecule has 1 aromatic carbocycles. The summed E-state index contributed by atoms with van der Waals surface area (Å²) < 4.78 is 0. The summed E-state index contributed by atoms with van der Waals surface area (Å²) in [6, 6.07) is 9.32. The number of benzene rings is 1. The Morgan fingerprint density at radius 1 is 1.15 bits per heavy atom. The molecular weight excluding hydrogens is 270 g/mol. The lowest BCUT2D eigenvalue weighted by Gasteiger charge is -2.32. The molecule has 0 aromatic heterocycles. The number of phenolic OH excluding ortho intramolecular Hbond substituents is 1. The summed E-state index contributed by atoms with van der Waals surface area (Å²) in [7, 11) is -1.69. The summed E-state index contributed by atoms with van der Waals surface area (Å²) in [4.78, 5) is 15.0. The predicted molar refractivity (Wildman–Crippen MR) is 83.6 cm³/mol. The molecule has 0 aliphatic carbocycles. The van der Waals surface area contributed by atoms with Crippen LogP contribution in [0.1, 0.15) is 26.3 Å². The van der Waals surface area contributed by atoms with E-state index in [9.17, 15) is 15.0 Å². The summed E-state index contributed by atoms with van der Waals surface area (Å²) in [5, 5.41) is 18.7. The van der Waals surface area contributed by atoms with Gasteiger partial charge < -0.3 is 15.2 Å². The summed E-state index contributed by atoms with van der Waals surface area (Å²) in [6.07, 6.45) is 0.449. The van der Waals surface area contributed by atoms with E-state index < -0.39 is 20.2 Å². The highest BCUT2D eigenvalue weighted by atomic mass is 28.3. The molecule has 1 rings (SSSR count). The maximum atomic E-state index is 11.5. The first-order chi connectivity index (χ1) is 9.46. The zero-order valence-electron chi connectivity index (χ0n) is 12.5. The van der Waals surface area contributed by atoms with Crippen LogP contribution in [0, 0.1) is 0 Å². The van der Waals surface area contributed by atoms with Crippen molar-refractivity contribution in [1.29, 1.82) is 0 Å². The quantitative estimate of drug-likeness (QED) is 0.645. The van der Waals surface area contributed by atoms with Crippen molar-refractivity contribution < 1.29 is 15.0 Å². The van der Waals surface area contributed by atoms with E-state index in [0.29, 0.717) is 6.42 Å². The molecule has 0 bridgehead atoms. The number of hydrogen-bond acceptors (Lipinski definition) is 3. The van der Waals surface area contributed by atoms with E-state index in [1.807, 2.05) is 0 Å². The fourth-order valence-corrected chi connectivity index (χ4v) is 5.57. The van der Waals surface area contributed by atoms with Crippen LogP contribution in [0.2, 0.25) is 18.1 Å². The lowest BCUT2D eigenvalue weighted by atomic mass is 10.1. The number of aliphatic carboxylic acids is 1. The third-order valence-corrected chi connectivity index (χ3v) is 9.21. The Morgan fingerprint density at radius 3 is 2.05 bits per heavy atom. The van der Waals surface area contributed by atoms with Gasteiger partial charge in [-0.1, -0.05) is 32.9 Å². The topological polar surface area (TPSA) is 69.6 Å². The van der Waals surface area contributed by atoms with Gasteiger partial charge in [-0.15, -0.1) is 0 Å². The lowest BCUT2D eigenvalue weighted by Crippen LogP contribution is -2.56. The van der Waals surface area contributed by atoms with Gasteiger partial charge in [0.25, 0.3) is 0 Å². The third kappa shape index (κ3) is 4.35. The Kier molecular flexibility index (Phi) is 6.23. The molecule has 1 atom stereocenters. The van der Waals surface area contributed by atoms with Crippen LogP contribution in [-0.2, 0) is 11.2 Å². The molecule has 0 spiro atoms. The molecule has 0 amide bonds. The van der Waals surface area contributed by atoms with Crippen molar-refractivity contribution in [1.82, 2.24) is 4.98 Å². The van der Waals surface area contributed by atoms with E-state index in [0.717, 1.165) is 23.7 Å². The summed E-state index contributed by atoms with van der Waals surface area (Å²) in [5.74, 6) is -0.599. The van der Waals surface area contributed by atoms with Crippen LogP contribution in [0.4, 0.5) is 0 Å². The highest BCUT2D eigenvalue weighted by molar-refractivity contribution is 6.77. The minimum Gasteiger partial charge on any atom is -0.508 e. The molecule has 1 aromatic rings. The molecule has 0 aliphatic heterocycles. The Balaban J connectivity index is 2.84. The highest BCUT2D eigenvalue weighted by Gasteiger charge is 2.32. The van der Waals surface area contributed by atoms with Crippen molar-refractivity contribution in [3.8, 4) is 5.75 Å². The number of phenols is 1. The van der Waals surface area contributed by atoms with Gasteiger partial charge in [-0.05, 0) is 42.2 Å². The van der Waals surface area contributed by atoms with Crippen molar-refractivity contribution in [3.05, 3.63) is 29.8 Å². The van der Waals surface area contributed by atoms with E-state index in [1.54, 1.807) is 24.3 Å². The van der Waals surface area contributed by atoms with Gasteiger partial charge in [-0.3, -0.25) is 4.79 Å². The molecular formula is C15H25NO3Si. The summed E-state index contributed by atoms with van der Waals surface area (Å²) in [5.41, 5.74) is 0.925. The number of aromatic hydroxyl groups is 1. The monoisotopic (exact) mass is 295 g/mol. The van der Waals surface area contributed by atoms with Crippen LogP contribution in [0.3, 0.4) is 0 Å². The molecule has 4 nitrogen and oxygen atoms in total. The first kappa shape index (κ1) is 16.7. The van der Waals surface area contributed by atoms with Gasteiger partial charge in [-0.25, -0.2) is 0 Å². The Hall–Kier alpha value is -1.33. The van der Waals surface area contributed by atoms with Crippen molar-refractivity contribution in [2.75, 3.05) is 0 Å². The SMILES string of the molecule is CC[Si](CC)(CC)N[C@@H](Cc1ccc(O)cc1)C(=O)O. The van der Waals surface area contributed by atoms with Gasteiger partial charge in [-0.2, -0.15) is 0 Å². The van der Waals surface area contributed by atoms with Crippen LogP contribution >= 0.6 is 0 Å². The van der Waals surface area contributed by atoms with Crippen molar-refractivity contribution in [3.63, 3.8) is 0 Å². The Labute approximate surface area is 121 Å². The maximum absolute atomic E-state index is 11.5. The second-order valence-electron chi connectivity index (χ2n) is 5.25. The van der Waals surface area contributed by atoms with Gasteiger partial charge >= 0.3 is 5.97 Å². The van der Waals surface area contributed by atoms with Gasteiger partial charge in [0.1, 0.15) is 20.0 Å². The van der Waals surface area contributed by atoms with Gasteiger partial charge in [0.05, 0.1) is 0 Å². The molecule has 0 aliphatic rings.